The Morgan fingerprint density at radius 1 is 0.944 bits per heavy atom. The Morgan fingerprint density at radius 3 is 2.44 bits per heavy atom. The fourth-order valence-corrected chi connectivity index (χ4v) is 1.87. The minimum absolute atomic E-state index is 0.257. The van der Waals surface area contributed by atoms with Crippen molar-refractivity contribution in [1.29, 1.82) is 0 Å². The van der Waals surface area contributed by atoms with Crippen LogP contribution in [0.1, 0.15) is 16.7 Å². The Kier molecular flexibility index (Phi) is 3.60. The first kappa shape index (κ1) is 12.6. The molecule has 0 radical (unpaired) electrons. The normalized spacial score (nSPS) is 10.4. The van der Waals surface area contributed by atoms with Crippen LogP contribution >= 0.6 is 0 Å². The number of hydrogen-bond donors (Lipinski definition) is 1. The summed E-state index contributed by atoms with van der Waals surface area (Å²) in [5, 5.41) is 3.10. The highest BCUT2D eigenvalue weighted by atomic mass is 19.1. The predicted molar refractivity (Wildman–Crippen MR) is 69.6 cm³/mol. The van der Waals surface area contributed by atoms with Gasteiger partial charge in [-0.05, 0) is 60.9 Å². The minimum Gasteiger partial charge on any atom is -0.381 e. The first-order chi connectivity index (χ1) is 8.54. The van der Waals surface area contributed by atoms with Crippen LogP contribution in [0.4, 0.5) is 14.5 Å². The maximum absolute atomic E-state index is 13.2. The molecule has 0 saturated carbocycles. The van der Waals surface area contributed by atoms with Gasteiger partial charge < -0.3 is 5.32 Å². The Hall–Kier alpha value is -1.90. The third-order valence-corrected chi connectivity index (χ3v) is 2.84. The van der Waals surface area contributed by atoms with Crippen LogP contribution in [0.5, 0.6) is 0 Å². The van der Waals surface area contributed by atoms with Crippen molar-refractivity contribution in [2.45, 2.75) is 20.4 Å². The smallest absolute Gasteiger partial charge is 0.125 e. The number of hydrogen-bond acceptors (Lipinski definition) is 1. The molecule has 0 aliphatic heterocycles. The van der Waals surface area contributed by atoms with Gasteiger partial charge in [-0.15, -0.1) is 0 Å². The van der Waals surface area contributed by atoms with E-state index in [1.165, 1.54) is 24.3 Å². The summed E-state index contributed by atoms with van der Waals surface area (Å²) in [6.45, 7) is 4.24. The second-order valence-electron chi connectivity index (χ2n) is 4.44. The summed E-state index contributed by atoms with van der Waals surface area (Å²) in [5.41, 5.74) is 3.44. The molecule has 0 aliphatic carbocycles. The van der Waals surface area contributed by atoms with Crippen LogP contribution in [0, 0.1) is 25.5 Å². The predicted octanol–water partition coefficient (Wildman–Crippen LogP) is 4.19. The first-order valence-corrected chi connectivity index (χ1v) is 5.81. The van der Waals surface area contributed by atoms with Crippen molar-refractivity contribution in [1.82, 2.24) is 0 Å². The third kappa shape index (κ3) is 3.06. The van der Waals surface area contributed by atoms with Gasteiger partial charge in [0.25, 0.3) is 0 Å². The van der Waals surface area contributed by atoms with Gasteiger partial charge in [0, 0.05) is 12.2 Å². The molecule has 0 heterocycles. The molecular weight excluding hydrogens is 232 g/mol. The molecule has 18 heavy (non-hydrogen) atoms. The Balaban J connectivity index is 2.13. The molecule has 1 nitrogen and oxygen atoms in total. The largest absolute Gasteiger partial charge is 0.381 e. The summed E-state index contributed by atoms with van der Waals surface area (Å²) < 4.78 is 26.3. The fraction of sp³-hybridized carbons (Fsp3) is 0.200. The molecule has 94 valence electrons. The van der Waals surface area contributed by atoms with Crippen LogP contribution in [0.2, 0.25) is 0 Å². The van der Waals surface area contributed by atoms with Crippen LogP contribution in [-0.4, -0.2) is 0 Å². The highest BCUT2D eigenvalue weighted by Crippen LogP contribution is 2.16. The molecule has 0 atom stereocenters. The van der Waals surface area contributed by atoms with Crippen molar-refractivity contribution >= 4 is 5.69 Å². The van der Waals surface area contributed by atoms with Crippen molar-refractivity contribution in [3.63, 3.8) is 0 Å². The Labute approximate surface area is 105 Å². The maximum Gasteiger partial charge on any atom is 0.125 e. The van der Waals surface area contributed by atoms with Crippen LogP contribution in [-0.2, 0) is 6.54 Å². The highest BCUT2D eigenvalue weighted by molar-refractivity contribution is 5.47. The number of halogens is 2. The van der Waals surface area contributed by atoms with E-state index in [9.17, 15) is 8.78 Å². The van der Waals surface area contributed by atoms with E-state index in [0.29, 0.717) is 12.2 Å². The van der Waals surface area contributed by atoms with Gasteiger partial charge in [0.1, 0.15) is 11.6 Å². The van der Waals surface area contributed by atoms with Crippen LogP contribution < -0.4 is 5.32 Å². The lowest BCUT2D eigenvalue weighted by atomic mass is 10.1. The summed E-state index contributed by atoms with van der Waals surface area (Å²) in [6.07, 6.45) is 0. The lowest BCUT2D eigenvalue weighted by Gasteiger charge is -2.10. The molecular formula is C15H15F2N. The molecule has 2 rings (SSSR count). The summed E-state index contributed by atoms with van der Waals surface area (Å²) >= 11 is 0. The maximum atomic E-state index is 13.2. The van der Waals surface area contributed by atoms with E-state index in [1.807, 2.05) is 19.9 Å². The van der Waals surface area contributed by atoms with Crippen molar-refractivity contribution in [2.24, 2.45) is 0 Å². The topological polar surface area (TPSA) is 12.0 Å². The van der Waals surface area contributed by atoms with Gasteiger partial charge in [-0.1, -0.05) is 6.07 Å². The zero-order valence-electron chi connectivity index (χ0n) is 10.4. The summed E-state index contributed by atoms with van der Waals surface area (Å²) in [6, 6.07) is 9.43. The number of benzene rings is 2. The van der Waals surface area contributed by atoms with Gasteiger partial charge in [-0.3, -0.25) is 0 Å². The SMILES string of the molecule is Cc1cc(F)cc(NCc2cc(F)ccc2C)c1. The van der Waals surface area contributed by atoms with E-state index in [4.69, 9.17) is 0 Å². The standard InChI is InChI=1S/C15H15F2N/c1-10-5-14(17)8-15(6-10)18-9-12-7-13(16)4-3-11(12)2/h3-8,18H,9H2,1-2H3. The lowest BCUT2D eigenvalue weighted by molar-refractivity contribution is 0.624. The molecule has 0 bridgehead atoms. The van der Waals surface area contributed by atoms with Gasteiger partial charge in [0.15, 0.2) is 0 Å². The lowest BCUT2D eigenvalue weighted by Crippen LogP contribution is -2.02. The molecule has 0 aromatic heterocycles. The van der Waals surface area contributed by atoms with Crippen molar-refractivity contribution < 1.29 is 8.78 Å². The molecule has 2 aromatic rings. The summed E-state index contributed by atoms with van der Waals surface area (Å²) in [5.74, 6) is -0.527. The Bertz CT molecular complexity index is 544. The molecule has 2 aromatic carbocycles. The molecule has 0 unspecified atom stereocenters. The molecule has 0 amide bonds. The molecule has 0 fully saturated rings. The average molecular weight is 247 g/mol. The van der Waals surface area contributed by atoms with E-state index in [0.717, 1.165) is 16.7 Å². The minimum atomic E-state index is -0.270. The quantitative estimate of drug-likeness (QED) is 0.857. The number of nitrogens with one attached hydrogen (secondary N) is 1. The molecule has 0 saturated heterocycles. The second kappa shape index (κ2) is 5.17. The molecule has 3 heteroatoms. The zero-order chi connectivity index (χ0) is 13.1. The van der Waals surface area contributed by atoms with Crippen molar-refractivity contribution in [3.8, 4) is 0 Å². The van der Waals surface area contributed by atoms with E-state index < -0.39 is 0 Å². The molecule has 1 N–H and O–H groups in total. The molecule has 0 aliphatic rings. The fourth-order valence-electron chi connectivity index (χ4n) is 1.87. The Morgan fingerprint density at radius 2 is 1.72 bits per heavy atom. The average Bonchev–Trinajstić information content (AvgIpc) is 2.29. The summed E-state index contributed by atoms with van der Waals surface area (Å²) in [4.78, 5) is 0. The van der Waals surface area contributed by atoms with Crippen LogP contribution in [0.3, 0.4) is 0 Å². The third-order valence-electron chi connectivity index (χ3n) is 2.84. The van der Waals surface area contributed by atoms with Crippen molar-refractivity contribution in [3.05, 3.63) is 64.7 Å². The van der Waals surface area contributed by atoms with Gasteiger partial charge in [-0.25, -0.2) is 8.78 Å². The van der Waals surface area contributed by atoms with Crippen LogP contribution in [0.25, 0.3) is 0 Å². The van der Waals surface area contributed by atoms with E-state index in [1.54, 1.807) is 6.07 Å². The van der Waals surface area contributed by atoms with Gasteiger partial charge in [-0.2, -0.15) is 0 Å². The van der Waals surface area contributed by atoms with E-state index in [2.05, 4.69) is 5.32 Å². The van der Waals surface area contributed by atoms with Gasteiger partial charge in [0.2, 0.25) is 0 Å². The van der Waals surface area contributed by atoms with Gasteiger partial charge >= 0.3 is 0 Å². The number of aryl methyl sites for hydroxylation is 2. The van der Waals surface area contributed by atoms with E-state index in [-0.39, 0.29) is 11.6 Å². The van der Waals surface area contributed by atoms with E-state index >= 15 is 0 Å². The molecule has 0 spiro atoms. The number of anilines is 1. The van der Waals surface area contributed by atoms with Crippen LogP contribution in [0.15, 0.2) is 36.4 Å². The monoisotopic (exact) mass is 247 g/mol. The van der Waals surface area contributed by atoms with Crippen molar-refractivity contribution in [2.75, 3.05) is 5.32 Å². The number of rotatable bonds is 3. The van der Waals surface area contributed by atoms with Gasteiger partial charge in [0.05, 0.1) is 0 Å². The zero-order valence-corrected chi connectivity index (χ0v) is 10.4. The second-order valence-corrected chi connectivity index (χ2v) is 4.44. The highest BCUT2D eigenvalue weighted by Gasteiger charge is 2.02. The first-order valence-electron chi connectivity index (χ1n) is 5.81. The summed E-state index contributed by atoms with van der Waals surface area (Å²) in [7, 11) is 0.